The topological polar surface area (TPSA) is 23.8 Å². The molecule has 0 N–H and O–H groups in total. The molecule has 21 heavy (non-hydrogen) atoms. The highest BCUT2D eigenvalue weighted by Gasteiger charge is 2.26. The van der Waals surface area contributed by atoms with Crippen LogP contribution < -0.4 is 0 Å². The van der Waals surface area contributed by atoms with Crippen molar-refractivity contribution in [2.45, 2.75) is 39.0 Å². The van der Waals surface area contributed by atoms with Gasteiger partial charge in [-0.3, -0.25) is 0 Å². The van der Waals surface area contributed by atoms with Crippen LogP contribution in [0.5, 0.6) is 0 Å². The fraction of sp³-hybridized carbons (Fsp3) is 0.350. The second kappa shape index (κ2) is 5.74. The molecule has 0 saturated carbocycles. The first-order valence-electron chi connectivity index (χ1n) is 7.76. The summed E-state index contributed by atoms with van der Waals surface area (Å²) in [6.45, 7) is 4.40. The molecule has 0 amide bonds. The van der Waals surface area contributed by atoms with E-state index in [0.29, 0.717) is 5.92 Å². The molecule has 2 aromatic carbocycles. The summed E-state index contributed by atoms with van der Waals surface area (Å²) in [7, 11) is 0. The van der Waals surface area contributed by atoms with Gasteiger partial charge in [0.1, 0.15) is 0 Å². The number of hydrogen-bond donors (Lipinski definition) is 0. The summed E-state index contributed by atoms with van der Waals surface area (Å²) in [6.07, 6.45) is 3.56. The first-order valence-corrected chi connectivity index (χ1v) is 7.76. The molecule has 0 fully saturated rings. The van der Waals surface area contributed by atoms with Crippen molar-refractivity contribution in [3.63, 3.8) is 0 Å². The van der Waals surface area contributed by atoms with Gasteiger partial charge in [0.05, 0.1) is 11.6 Å². The quantitative estimate of drug-likeness (QED) is 0.774. The van der Waals surface area contributed by atoms with E-state index in [2.05, 4.69) is 49.4 Å². The molecule has 0 bridgehead atoms. The van der Waals surface area contributed by atoms with Crippen LogP contribution in [0.4, 0.5) is 0 Å². The highest BCUT2D eigenvalue weighted by Crippen LogP contribution is 2.38. The molecule has 0 radical (unpaired) electrons. The minimum Gasteiger partial charge on any atom is -0.192 e. The Morgan fingerprint density at radius 3 is 2.76 bits per heavy atom. The Morgan fingerprint density at radius 2 is 2.00 bits per heavy atom. The van der Waals surface area contributed by atoms with Crippen molar-refractivity contribution in [3.8, 4) is 6.07 Å². The van der Waals surface area contributed by atoms with Gasteiger partial charge in [-0.05, 0) is 66.3 Å². The molecule has 1 aliphatic rings. The van der Waals surface area contributed by atoms with E-state index in [9.17, 15) is 0 Å². The van der Waals surface area contributed by atoms with Crippen LogP contribution in [-0.4, -0.2) is 0 Å². The number of fused-ring (bicyclic) bond motifs is 1. The van der Waals surface area contributed by atoms with Crippen LogP contribution in [0.1, 0.15) is 47.1 Å². The van der Waals surface area contributed by atoms with E-state index in [4.69, 9.17) is 5.26 Å². The smallest absolute Gasteiger partial charge is 0.0994 e. The van der Waals surface area contributed by atoms with Gasteiger partial charge in [0, 0.05) is 0 Å². The van der Waals surface area contributed by atoms with Gasteiger partial charge in [-0.1, -0.05) is 43.3 Å². The fourth-order valence-corrected chi connectivity index (χ4v) is 3.56. The highest BCUT2D eigenvalue weighted by atomic mass is 14.3. The number of benzene rings is 2. The monoisotopic (exact) mass is 275 g/mol. The predicted molar refractivity (Wildman–Crippen MR) is 86.3 cm³/mol. The lowest BCUT2D eigenvalue weighted by molar-refractivity contribution is 0.400. The molecule has 1 unspecified atom stereocenters. The minimum absolute atomic E-state index is 0.599. The fourth-order valence-electron chi connectivity index (χ4n) is 3.56. The third-order valence-corrected chi connectivity index (χ3v) is 4.88. The molecule has 3 rings (SSSR count). The van der Waals surface area contributed by atoms with Gasteiger partial charge in [-0.15, -0.1) is 0 Å². The maximum absolute atomic E-state index is 9.05. The number of nitrogens with zero attached hydrogens (tertiary/aromatic N) is 1. The summed E-state index contributed by atoms with van der Waals surface area (Å²) < 4.78 is 0. The summed E-state index contributed by atoms with van der Waals surface area (Å²) in [5.41, 5.74) is 6.27. The Hall–Kier alpha value is -2.07. The number of aryl methyl sites for hydroxylation is 2. The second-order valence-corrected chi connectivity index (χ2v) is 6.29. The average Bonchev–Trinajstić information content (AvgIpc) is 2.50. The van der Waals surface area contributed by atoms with Crippen LogP contribution in [0.2, 0.25) is 0 Å². The van der Waals surface area contributed by atoms with E-state index in [1.807, 2.05) is 13.0 Å². The summed E-state index contributed by atoms with van der Waals surface area (Å²) >= 11 is 0. The minimum atomic E-state index is 0.599. The third-order valence-electron chi connectivity index (χ3n) is 4.88. The van der Waals surface area contributed by atoms with Gasteiger partial charge in [0.25, 0.3) is 0 Å². The Morgan fingerprint density at radius 1 is 1.19 bits per heavy atom. The number of nitriles is 1. The molecule has 1 aliphatic carbocycles. The van der Waals surface area contributed by atoms with Crippen LogP contribution in [0.25, 0.3) is 0 Å². The zero-order chi connectivity index (χ0) is 14.8. The van der Waals surface area contributed by atoms with Gasteiger partial charge in [0.2, 0.25) is 0 Å². The van der Waals surface area contributed by atoms with Crippen LogP contribution in [-0.2, 0) is 12.8 Å². The number of rotatable bonds is 2. The molecule has 2 atom stereocenters. The molecule has 106 valence electrons. The normalized spacial score (nSPS) is 20.6. The molecule has 0 heterocycles. The lowest BCUT2D eigenvalue weighted by Gasteiger charge is -2.31. The van der Waals surface area contributed by atoms with E-state index in [1.165, 1.54) is 29.5 Å². The Labute approximate surface area is 127 Å². The molecular formula is C20H21N. The van der Waals surface area contributed by atoms with Crippen molar-refractivity contribution in [3.05, 3.63) is 70.3 Å². The summed E-state index contributed by atoms with van der Waals surface area (Å²) in [5.74, 6) is 1.32. The van der Waals surface area contributed by atoms with E-state index < -0.39 is 0 Å². The second-order valence-electron chi connectivity index (χ2n) is 6.29. The highest BCUT2D eigenvalue weighted by molar-refractivity contribution is 5.41. The zero-order valence-electron chi connectivity index (χ0n) is 12.8. The largest absolute Gasteiger partial charge is 0.192 e. The maximum atomic E-state index is 9.05. The van der Waals surface area contributed by atoms with Crippen molar-refractivity contribution in [2.24, 2.45) is 5.92 Å². The van der Waals surface area contributed by atoms with Crippen molar-refractivity contribution < 1.29 is 0 Å². The van der Waals surface area contributed by atoms with Crippen molar-refractivity contribution in [2.75, 3.05) is 0 Å². The molecule has 1 nitrogen and oxygen atoms in total. The van der Waals surface area contributed by atoms with E-state index in [1.54, 1.807) is 0 Å². The average molecular weight is 275 g/mol. The van der Waals surface area contributed by atoms with Crippen molar-refractivity contribution in [1.82, 2.24) is 0 Å². The Kier molecular flexibility index (Phi) is 3.80. The molecule has 0 saturated heterocycles. The van der Waals surface area contributed by atoms with Crippen molar-refractivity contribution in [1.29, 1.82) is 5.26 Å². The Balaban J connectivity index is 1.91. The summed E-state index contributed by atoms with van der Waals surface area (Å²) in [6, 6.07) is 17.4. The zero-order valence-corrected chi connectivity index (χ0v) is 12.8. The van der Waals surface area contributed by atoms with Crippen LogP contribution in [0.15, 0.2) is 42.5 Å². The molecular weight excluding hydrogens is 254 g/mol. The van der Waals surface area contributed by atoms with Crippen LogP contribution in [0, 0.1) is 24.2 Å². The van der Waals surface area contributed by atoms with Crippen LogP contribution in [0.3, 0.4) is 0 Å². The third kappa shape index (κ3) is 2.72. The predicted octanol–water partition coefficient (Wildman–Crippen LogP) is 4.78. The van der Waals surface area contributed by atoms with Crippen molar-refractivity contribution >= 4 is 0 Å². The summed E-state index contributed by atoms with van der Waals surface area (Å²) in [4.78, 5) is 0. The van der Waals surface area contributed by atoms with Gasteiger partial charge in [0.15, 0.2) is 0 Å². The van der Waals surface area contributed by atoms with E-state index >= 15 is 0 Å². The summed E-state index contributed by atoms with van der Waals surface area (Å²) in [5, 5.41) is 9.05. The van der Waals surface area contributed by atoms with Crippen LogP contribution >= 0.6 is 0 Å². The lowest BCUT2D eigenvalue weighted by atomic mass is 9.73. The first-order chi connectivity index (χ1) is 10.2. The van der Waals surface area contributed by atoms with Gasteiger partial charge in [-0.25, -0.2) is 0 Å². The van der Waals surface area contributed by atoms with Gasteiger partial charge >= 0.3 is 0 Å². The lowest BCUT2D eigenvalue weighted by Crippen LogP contribution is -2.20. The molecule has 0 aromatic heterocycles. The van der Waals surface area contributed by atoms with E-state index in [0.717, 1.165) is 23.5 Å². The molecule has 0 spiro atoms. The standard InChI is InChI=1S/C20H21N/c1-14-7-9-17-5-3-4-6-19(17)20(14)12-16-8-10-18(13-21)15(2)11-16/h3-6,8,10-11,14,20H,7,9,12H2,1-2H3/t14?,20-/m1/s1. The maximum Gasteiger partial charge on any atom is 0.0994 e. The number of hydrogen-bond acceptors (Lipinski definition) is 1. The molecule has 0 aliphatic heterocycles. The first kappa shape index (κ1) is 13.9. The van der Waals surface area contributed by atoms with Gasteiger partial charge in [-0.2, -0.15) is 5.26 Å². The van der Waals surface area contributed by atoms with E-state index in [-0.39, 0.29) is 0 Å². The molecule has 1 heteroatoms. The Bertz CT molecular complexity index is 693. The van der Waals surface area contributed by atoms with Gasteiger partial charge < -0.3 is 0 Å². The molecule has 2 aromatic rings. The SMILES string of the molecule is Cc1cc(C[C@H]2c3ccccc3CCC2C)ccc1C#N.